The summed E-state index contributed by atoms with van der Waals surface area (Å²) in [5.41, 5.74) is 1.58. The van der Waals surface area contributed by atoms with Crippen LogP contribution in [0.2, 0.25) is 0 Å². The maximum Gasteiger partial charge on any atom is -0.0203 e. The van der Waals surface area contributed by atoms with E-state index in [2.05, 4.69) is 33.8 Å². The molecule has 0 nitrogen and oxygen atoms in total. The normalized spacial score (nSPS) is 43.1. The van der Waals surface area contributed by atoms with Gasteiger partial charge in [-0.15, -0.1) is 0 Å². The zero-order valence-corrected chi connectivity index (χ0v) is 6.81. The summed E-state index contributed by atoms with van der Waals surface area (Å²) in [7, 11) is 0. The summed E-state index contributed by atoms with van der Waals surface area (Å²) in [5.74, 6) is 2.49. The Morgan fingerprint density at radius 1 is 1.22 bits per heavy atom. The smallest absolute Gasteiger partial charge is 0.0203 e. The van der Waals surface area contributed by atoms with Crippen LogP contribution in [-0.2, 0) is 0 Å². The van der Waals surface area contributed by atoms with Gasteiger partial charge in [-0.3, -0.25) is 0 Å². The monoisotopic (exact) mass is 124 g/mol. The minimum absolute atomic E-state index is 0.806. The van der Waals surface area contributed by atoms with Crippen molar-refractivity contribution >= 4 is 0 Å². The zero-order valence-electron chi connectivity index (χ0n) is 6.81. The number of allylic oxidation sites excluding steroid dienone is 2. The zero-order chi connectivity index (χ0) is 7.02. The molecule has 0 saturated heterocycles. The van der Waals surface area contributed by atoms with Crippen LogP contribution in [0, 0.1) is 17.8 Å². The van der Waals surface area contributed by atoms with Crippen molar-refractivity contribution in [2.24, 2.45) is 17.8 Å². The topological polar surface area (TPSA) is 0 Å². The van der Waals surface area contributed by atoms with Gasteiger partial charge in [0.15, 0.2) is 0 Å². The molecule has 0 bridgehead atoms. The summed E-state index contributed by atoms with van der Waals surface area (Å²) in [4.78, 5) is 0. The van der Waals surface area contributed by atoms with Crippen LogP contribution in [0.3, 0.4) is 0 Å². The molecule has 0 amide bonds. The van der Waals surface area contributed by atoms with Gasteiger partial charge in [0.25, 0.3) is 0 Å². The van der Waals surface area contributed by atoms with Gasteiger partial charge in [0, 0.05) is 0 Å². The Kier molecular flexibility index (Phi) is 1.65. The van der Waals surface area contributed by atoms with Gasteiger partial charge in [0.2, 0.25) is 0 Å². The minimum Gasteiger partial charge on any atom is -0.0822 e. The Morgan fingerprint density at radius 2 is 1.78 bits per heavy atom. The van der Waals surface area contributed by atoms with Crippen LogP contribution in [0.5, 0.6) is 0 Å². The fourth-order valence-corrected chi connectivity index (χ4v) is 1.59. The molecule has 0 aromatic carbocycles. The highest BCUT2D eigenvalue weighted by molar-refractivity contribution is 5.13. The molecule has 0 aliphatic heterocycles. The highest BCUT2D eigenvalue weighted by Gasteiger charge is 2.24. The van der Waals surface area contributed by atoms with Crippen LogP contribution < -0.4 is 0 Å². The summed E-state index contributed by atoms with van der Waals surface area (Å²) in [6.45, 7) is 9.20. The molecule has 0 unspecified atom stereocenters. The second-order valence-electron chi connectivity index (χ2n) is 3.42. The lowest BCUT2D eigenvalue weighted by Crippen LogP contribution is -2.07. The van der Waals surface area contributed by atoms with E-state index in [1.807, 2.05) is 0 Å². The third-order valence-electron chi connectivity index (χ3n) is 2.86. The molecule has 0 saturated carbocycles. The van der Waals surface area contributed by atoms with Crippen LogP contribution in [0.4, 0.5) is 0 Å². The molecule has 52 valence electrons. The predicted molar refractivity (Wildman–Crippen MR) is 41.2 cm³/mol. The van der Waals surface area contributed by atoms with Crippen molar-refractivity contribution in [2.75, 3.05) is 0 Å². The molecule has 0 radical (unpaired) electrons. The summed E-state index contributed by atoms with van der Waals surface area (Å²) < 4.78 is 0. The third kappa shape index (κ3) is 1.03. The molecule has 0 fully saturated rings. The maximum atomic E-state index is 2.40. The van der Waals surface area contributed by atoms with Crippen molar-refractivity contribution in [3.63, 3.8) is 0 Å². The van der Waals surface area contributed by atoms with E-state index in [1.165, 1.54) is 0 Å². The summed E-state index contributed by atoms with van der Waals surface area (Å²) >= 11 is 0. The van der Waals surface area contributed by atoms with Crippen molar-refractivity contribution in [3.8, 4) is 0 Å². The second kappa shape index (κ2) is 2.17. The first-order valence-electron chi connectivity index (χ1n) is 3.81. The molecule has 0 heterocycles. The minimum atomic E-state index is 0.806. The molecule has 9 heavy (non-hydrogen) atoms. The van der Waals surface area contributed by atoms with Gasteiger partial charge in [-0.1, -0.05) is 32.4 Å². The van der Waals surface area contributed by atoms with Gasteiger partial charge in [-0.25, -0.2) is 0 Å². The second-order valence-corrected chi connectivity index (χ2v) is 3.42. The van der Waals surface area contributed by atoms with Gasteiger partial charge in [-0.05, 0) is 24.7 Å². The summed E-state index contributed by atoms with van der Waals surface area (Å²) in [5, 5.41) is 0. The van der Waals surface area contributed by atoms with Gasteiger partial charge < -0.3 is 0 Å². The SMILES string of the molecule is CC1=C[C@@H](C)[C@@H](C)[C@H]1C. The highest BCUT2D eigenvalue weighted by atomic mass is 14.3. The number of hydrogen-bond donors (Lipinski definition) is 0. The largest absolute Gasteiger partial charge is 0.0822 e. The van der Waals surface area contributed by atoms with Crippen LogP contribution in [0.1, 0.15) is 27.7 Å². The van der Waals surface area contributed by atoms with Crippen LogP contribution in [0.15, 0.2) is 11.6 Å². The molecule has 1 rings (SSSR count). The molecular weight excluding hydrogens is 108 g/mol. The molecule has 0 aromatic heterocycles. The fraction of sp³-hybridized carbons (Fsp3) is 0.778. The van der Waals surface area contributed by atoms with Crippen molar-refractivity contribution in [1.29, 1.82) is 0 Å². The lowest BCUT2D eigenvalue weighted by Gasteiger charge is -2.14. The molecule has 0 N–H and O–H groups in total. The number of rotatable bonds is 0. The van der Waals surface area contributed by atoms with E-state index in [-0.39, 0.29) is 0 Å². The first-order valence-corrected chi connectivity index (χ1v) is 3.81. The molecule has 3 atom stereocenters. The lowest BCUT2D eigenvalue weighted by atomic mass is 9.91. The first-order chi connectivity index (χ1) is 4.13. The Hall–Kier alpha value is -0.260. The molecule has 0 aromatic rings. The molecule has 1 aliphatic rings. The van der Waals surface area contributed by atoms with Gasteiger partial charge in [-0.2, -0.15) is 0 Å². The molecule has 1 aliphatic carbocycles. The molecule has 0 heteroatoms. The van der Waals surface area contributed by atoms with E-state index in [9.17, 15) is 0 Å². The highest BCUT2D eigenvalue weighted by Crippen LogP contribution is 2.34. The number of hydrogen-bond acceptors (Lipinski definition) is 0. The van der Waals surface area contributed by atoms with Gasteiger partial charge in [0.1, 0.15) is 0 Å². The first kappa shape index (κ1) is 6.85. The van der Waals surface area contributed by atoms with E-state index < -0.39 is 0 Å². The van der Waals surface area contributed by atoms with E-state index in [1.54, 1.807) is 5.57 Å². The quantitative estimate of drug-likeness (QED) is 0.435. The average molecular weight is 124 g/mol. The molecular formula is C9H16. The molecule has 0 spiro atoms. The van der Waals surface area contributed by atoms with Crippen LogP contribution in [-0.4, -0.2) is 0 Å². The Balaban J connectivity index is 2.70. The lowest BCUT2D eigenvalue weighted by molar-refractivity contribution is 0.397. The third-order valence-corrected chi connectivity index (χ3v) is 2.86. The summed E-state index contributed by atoms with van der Waals surface area (Å²) in [6.07, 6.45) is 2.40. The van der Waals surface area contributed by atoms with E-state index in [4.69, 9.17) is 0 Å². The van der Waals surface area contributed by atoms with Crippen molar-refractivity contribution in [1.82, 2.24) is 0 Å². The van der Waals surface area contributed by atoms with E-state index in [0.29, 0.717) is 0 Å². The predicted octanol–water partition coefficient (Wildman–Crippen LogP) is 2.85. The average Bonchev–Trinajstić information content (AvgIpc) is 1.98. The van der Waals surface area contributed by atoms with Crippen molar-refractivity contribution < 1.29 is 0 Å². The Bertz CT molecular complexity index is 133. The standard InChI is InChI=1S/C9H16/c1-6-5-7(2)9(4)8(6)3/h5-6,8-9H,1-4H3/t6-,8-,9+/m1/s1. The van der Waals surface area contributed by atoms with Crippen molar-refractivity contribution in [3.05, 3.63) is 11.6 Å². The summed E-state index contributed by atoms with van der Waals surface area (Å²) in [6, 6.07) is 0. The van der Waals surface area contributed by atoms with E-state index >= 15 is 0 Å². The van der Waals surface area contributed by atoms with Crippen LogP contribution in [0.25, 0.3) is 0 Å². The van der Waals surface area contributed by atoms with Gasteiger partial charge >= 0.3 is 0 Å². The van der Waals surface area contributed by atoms with E-state index in [0.717, 1.165) is 17.8 Å². The Labute approximate surface area is 58.0 Å². The van der Waals surface area contributed by atoms with Crippen LogP contribution >= 0.6 is 0 Å². The van der Waals surface area contributed by atoms with Crippen molar-refractivity contribution in [2.45, 2.75) is 27.7 Å². The Morgan fingerprint density at radius 3 is 1.89 bits per heavy atom. The fourth-order valence-electron chi connectivity index (χ4n) is 1.59. The maximum absolute atomic E-state index is 2.40. The van der Waals surface area contributed by atoms with Gasteiger partial charge in [0.05, 0.1) is 0 Å².